The fourth-order valence-electron chi connectivity index (χ4n) is 1.46. The normalized spacial score (nSPS) is 24.8. The number of nitrogens with two attached hydrogens (primary N) is 1. The molecule has 0 aliphatic heterocycles. The molecule has 1 aromatic carbocycles. The third kappa shape index (κ3) is 1.75. The van der Waals surface area contributed by atoms with Crippen molar-refractivity contribution in [1.82, 2.24) is 0 Å². The van der Waals surface area contributed by atoms with Crippen LogP contribution in [0.15, 0.2) is 30.3 Å². The Labute approximate surface area is 83.5 Å². The maximum absolute atomic E-state index is 9.65. The fourth-order valence-corrected chi connectivity index (χ4v) is 1.46. The van der Waals surface area contributed by atoms with E-state index < -0.39 is 6.10 Å². The highest BCUT2D eigenvalue weighted by Gasteiger charge is 2.19. The van der Waals surface area contributed by atoms with Gasteiger partial charge in [-0.2, -0.15) is 0 Å². The van der Waals surface area contributed by atoms with Crippen LogP contribution in [0, 0.1) is 0 Å². The van der Waals surface area contributed by atoms with Crippen molar-refractivity contribution in [2.24, 2.45) is 5.73 Å². The molecule has 0 saturated carbocycles. The van der Waals surface area contributed by atoms with Crippen molar-refractivity contribution in [2.75, 3.05) is 0 Å². The molecule has 70 valence electrons. The molecule has 0 fully saturated rings. The topological polar surface area (TPSA) is 46.2 Å². The number of halogens is 1. The molecule has 0 aromatic heterocycles. The molecule has 0 heterocycles. The maximum Gasteiger partial charge on any atom is 0.0982 e. The van der Waals surface area contributed by atoms with Crippen LogP contribution in [-0.2, 0) is 0 Å². The van der Waals surface area contributed by atoms with E-state index in [1.165, 1.54) is 0 Å². The molecule has 1 aromatic rings. The van der Waals surface area contributed by atoms with Crippen LogP contribution in [0.1, 0.15) is 17.2 Å². The van der Waals surface area contributed by atoms with Gasteiger partial charge in [-0.3, -0.25) is 0 Å². The summed E-state index contributed by atoms with van der Waals surface area (Å²) in [6.45, 7) is 0. The van der Waals surface area contributed by atoms with Gasteiger partial charge in [0.1, 0.15) is 0 Å². The zero-order chi connectivity index (χ0) is 8.55. The number of hydrogen-bond donors (Lipinski definition) is 2. The van der Waals surface area contributed by atoms with Crippen LogP contribution in [0.3, 0.4) is 0 Å². The minimum Gasteiger partial charge on any atom is -0.386 e. The average Bonchev–Trinajstić information content (AvgIpc) is 2.12. The van der Waals surface area contributed by atoms with Crippen LogP contribution < -0.4 is 5.73 Å². The number of aliphatic hydroxyl groups is 1. The zero-order valence-corrected chi connectivity index (χ0v) is 7.87. The van der Waals surface area contributed by atoms with Crippen LogP contribution in [0.4, 0.5) is 0 Å². The predicted molar refractivity (Wildman–Crippen MR) is 55.7 cm³/mol. The number of benzene rings is 1. The zero-order valence-electron chi connectivity index (χ0n) is 7.05. The summed E-state index contributed by atoms with van der Waals surface area (Å²) in [4.78, 5) is 0. The van der Waals surface area contributed by atoms with Gasteiger partial charge in [0.05, 0.1) is 12.1 Å². The van der Waals surface area contributed by atoms with Gasteiger partial charge in [0, 0.05) is 0 Å². The molecular formula is C10H12ClNO. The molecule has 0 radical (unpaired) electrons. The minimum atomic E-state index is -0.550. The summed E-state index contributed by atoms with van der Waals surface area (Å²) in [7, 11) is 0. The van der Waals surface area contributed by atoms with Gasteiger partial charge in [-0.05, 0) is 11.1 Å². The average molecular weight is 198 g/mol. The second-order valence-electron chi connectivity index (χ2n) is 3.01. The van der Waals surface area contributed by atoms with Crippen molar-refractivity contribution >= 4 is 18.5 Å². The fraction of sp³-hybridized carbons (Fsp3) is 0.200. The van der Waals surface area contributed by atoms with Gasteiger partial charge in [-0.25, -0.2) is 0 Å². The van der Waals surface area contributed by atoms with Crippen molar-refractivity contribution in [3.8, 4) is 0 Å². The second-order valence-corrected chi connectivity index (χ2v) is 3.01. The van der Waals surface area contributed by atoms with Crippen molar-refractivity contribution in [3.05, 3.63) is 41.5 Å². The molecule has 0 bridgehead atoms. The predicted octanol–water partition coefficient (Wildman–Crippen LogP) is 1.50. The first-order chi connectivity index (χ1) is 5.79. The van der Waals surface area contributed by atoms with E-state index >= 15 is 0 Å². The maximum atomic E-state index is 9.65. The first-order valence-electron chi connectivity index (χ1n) is 4.00. The van der Waals surface area contributed by atoms with E-state index in [9.17, 15) is 5.11 Å². The van der Waals surface area contributed by atoms with Crippen LogP contribution in [0.5, 0.6) is 0 Å². The van der Waals surface area contributed by atoms with E-state index in [1.807, 2.05) is 36.4 Å². The Hall–Kier alpha value is -0.830. The molecule has 1 aliphatic rings. The first-order valence-corrected chi connectivity index (χ1v) is 4.00. The molecule has 2 nitrogen and oxygen atoms in total. The molecule has 3 N–H and O–H groups in total. The number of fused-ring (bicyclic) bond motifs is 1. The van der Waals surface area contributed by atoms with Crippen LogP contribution in [0.25, 0.3) is 6.08 Å². The van der Waals surface area contributed by atoms with Crippen molar-refractivity contribution in [2.45, 2.75) is 12.1 Å². The Kier molecular flexibility index (Phi) is 3.09. The SMILES string of the molecule is Cl.NC1C=Cc2ccccc2C1O. The second kappa shape index (κ2) is 3.92. The highest BCUT2D eigenvalue weighted by Crippen LogP contribution is 2.26. The largest absolute Gasteiger partial charge is 0.386 e. The molecule has 0 saturated heterocycles. The lowest BCUT2D eigenvalue weighted by Crippen LogP contribution is -2.28. The molecule has 2 unspecified atom stereocenters. The smallest absolute Gasteiger partial charge is 0.0982 e. The van der Waals surface area contributed by atoms with E-state index in [-0.39, 0.29) is 18.4 Å². The lowest BCUT2D eigenvalue weighted by Gasteiger charge is -2.22. The number of rotatable bonds is 0. The van der Waals surface area contributed by atoms with Gasteiger partial charge < -0.3 is 10.8 Å². The van der Waals surface area contributed by atoms with E-state index in [0.29, 0.717) is 0 Å². The van der Waals surface area contributed by atoms with E-state index in [2.05, 4.69) is 0 Å². The van der Waals surface area contributed by atoms with Crippen LogP contribution >= 0.6 is 12.4 Å². The molecular weight excluding hydrogens is 186 g/mol. The quantitative estimate of drug-likeness (QED) is 0.662. The van der Waals surface area contributed by atoms with Gasteiger partial charge in [0.25, 0.3) is 0 Å². The number of hydrogen-bond acceptors (Lipinski definition) is 2. The monoisotopic (exact) mass is 197 g/mol. The van der Waals surface area contributed by atoms with Gasteiger partial charge in [-0.15, -0.1) is 12.4 Å². The summed E-state index contributed by atoms with van der Waals surface area (Å²) in [5.41, 5.74) is 7.64. The Morgan fingerprint density at radius 3 is 2.69 bits per heavy atom. The van der Waals surface area contributed by atoms with Crippen molar-refractivity contribution in [1.29, 1.82) is 0 Å². The van der Waals surface area contributed by atoms with Crippen LogP contribution in [0.2, 0.25) is 0 Å². The lowest BCUT2D eigenvalue weighted by atomic mass is 9.92. The molecule has 3 heteroatoms. The van der Waals surface area contributed by atoms with Gasteiger partial charge in [0.15, 0.2) is 0 Å². The highest BCUT2D eigenvalue weighted by atomic mass is 35.5. The van der Waals surface area contributed by atoms with Crippen molar-refractivity contribution in [3.63, 3.8) is 0 Å². The lowest BCUT2D eigenvalue weighted by molar-refractivity contribution is 0.162. The van der Waals surface area contributed by atoms with Gasteiger partial charge in [0.2, 0.25) is 0 Å². The van der Waals surface area contributed by atoms with Crippen molar-refractivity contribution < 1.29 is 5.11 Å². The van der Waals surface area contributed by atoms with E-state index in [1.54, 1.807) is 0 Å². The van der Waals surface area contributed by atoms with E-state index in [0.717, 1.165) is 11.1 Å². The summed E-state index contributed by atoms with van der Waals surface area (Å²) < 4.78 is 0. The molecule has 13 heavy (non-hydrogen) atoms. The molecule has 2 rings (SSSR count). The molecule has 0 spiro atoms. The summed E-state index contributed by atoms with van der Waals surface area (Å²) in [5, 5.41) is 9.65. The third-order valence-corrected chi connectivity index (χ3v) is 2.18. The van der Waals surface area contributed by atoms with Crippen LogP contribution in [-0.4, -0.2) is 11.1 Å². The number of aliphatic hydroxyl groups excluding tert-OH is 1. The summed E-state index contributed by atoms with van der Waals surface area (Å²) in [6, 6.07) is 7.48. The third-order valence-electron chi connectivity index (χ3n) is 2.18. The standard InChI is InChI=1S/C10H11NO.ClH/c11-9-6-5-7-3-1-2-4-8(7)10(9)12;/h1-6,9-10,12H,11H2;1H. The minimum absolute atomic E-state index is 0. The molecule has 0 amide bonds. The van der Waals surface area contributed by atoms with E-state index in [4.69, 9.17) is 5.73 Å². The summed E-state index contributed by atoms with van der Waals surface area (Å²) >= 11 is 0. The Morgan fingerprint density at radius 1 is 1.23 bits per heavy atom. The van der Waals surface area contributed by atoms with Gasteiger partial charge >= 0.3 is 0 Å². The summed E-state index contributed by atoms with van der Waals surface area (Å²) in [5.74, 6) is 0. The Bertz CT molecular complexity index is 324. The Balaban J connectivity index is 0.000000845. The summed E-state index contributed by atoms with van der Waals surface area (Å²) in [6.07, 6.45) is 3.23. The molecule has 2 atom stereocenters. The van der Waals surface area contributed by atoms with Gasteiger partial charge in [-0.1, -0.05) is 36.4 Å². The highest BCUT2D eigenvalue weighted by molar-refractivity contribution is 5.85. The first kappa shape index (κ1) is 10.3. The molecule has 1 aliphatic carbocycles. The Morgan fingerprint density at radius 2 is 1.92 bits per heavy atom.